The van der Waals surface area contributed by atoms with Gasteiger partial charge in [0.2, 0.25) is 0 Å². The van der Waals surface area contributed by atoms with Gasteiger partial charge in [-0.15, -0.1) is 0 Å². The van der Waals surface area contributed by atoms with Crippen LogP contribution < -0.4 is 20.3 Å². The lowest BCUT2D eigenvalue weighted by Gasteiger charge is -2.11. The fourth-order valence-electron chi connectivity index (χ4n) is 2.75. The van der Waals surface area contributed by atoms with Crippen molar-refractivity contribution in [2.75, 3.05) is 11.8 Å². The number of rotatable bonds is 6. The Hall–Kier alpha value is -4.06. The predicted octanol–water partition coefficient (Wildman–Crippen LogP) is 3.59. The van der Waals surface area contributed by atoms with E-state index in [1.165, 1.54) is 37.4 Å². The normalized spacial score (nSPS) is 11.4. The zero-order valence-corrected chi connectivity index (χ0v) is 18.3. The molecule has 34 heavy (non-hydrogen) atoms. The minimum atomic E-state index is -4.54. The van der Waals surface area contributed by atoms with Crippen LogP contribution in [0.3, 0.4) is 0 Å². The van der Waals surface area contributed by atoms with Crippen molar-refractivity contribution in [1.82, 2.24) is 10.9 Å². The van der Waals surface area contributed by atoms with Gasteiger partial charge in [0.05, 0.1) is 17.6 Å². The van der Waals surface area contributed by atoms with E-state index >= 15 is 0 Å². The van der Waals surface area contributed by atoms with Gasteiger partial charge in [-0.25, -0.2) is 8.42 Å². The molecule has 0 aliphatic heterocycles. The zero-order valence-electron chi connectivity index (χ0n) is 17.5. The van der Waals surface area contributed by atoms with E-state index in [4.69, 9.17) is 4.74 Å². The predicted molar refractivity (Wildman–Crippen MR) is 117 cm³/mol. The summed E-state index contributed by atoms with van der Waals surface area (Å²) in [5.74, 6) is -1.14. The molecular weight excluding hydrogens is 475 g/mol. The summed E-state index contributed by atoms with van der Waals surface area (Å²) in [6.45, 7) is 0. The first-order chi connectivity index (χ1) is 16.0. The molecule has 0 spiro atoms. The smallest absolute Gasteiger partial charge is 0.416 e. The Bertz CT molecular complexity index is 1290. The molecule has 0 aliphatic carbocycles. The largest absolute Gasteiger partial charge is 0.497 e. The maximum atomic E-state index is 12.7. The molecule has 3 aromatic rings. The molecule has 0 aromatic heterocycles. The van der Waals surface area contributed by atoms with Crippen molar-refractivity contribution in [1.29, 1.82) is 0 Å². The minimum Gasteiger partial charge on any atom is -0.497 e. The molecule has 0 aliphatic rings. The van der Waals surface area contributed by atoms with Crippen LogP contribution in [0.15, 0.2) is 77.7 Å². The van der Waals surface area contributed by atoms with Gasteiger partial charge in [0.25, 0.3) is 21.8 Å². The van der Waals surface area contributed by atoms with Crippen LogP contribution in [0.4, 0.5) is 18.9 Å². The Kier molecular flexibility index (Phi) is 7.11. The van der Waals surface area contributed by atoms with E-state index in [9.17, 15) is 31.2 Å². The van der Waals surface area contributed by atoms with Crippen LogP contribution in [-0.4, -0.2) is 27.3 Å². The summed E-state index contributed by atoms with van der Waals surface area (Å²) >= 11 is 0. The van der Waals surface area contributed by atoms with E-state index in [0.717, 1.165) is 30.3 Å². The van der Waals surface area contributed by atoms with Crippen LogP contribution in [0, 0.1) is 0 Å². The SMILES string of the molecule is COc1ccc(NS(=O)(=O)c2cccc(C(=O)NNC(=O)c3ccc(C(F)(F)F)cc3)c2)cc1. The molecule has 178 valence electrons. The van der Waals surface area contributed by atoms with Crippen LogP contribution in [-0.2, 0) is 16.2 Å². The molecule has 0 saturated carbocycles. The van der Waals surface area contributed by atoms with Crippen molar-refractivity contribution in [3.63, 3.8) is 0 Å². The molecule has 0 bridgehead atoms. The first kappa shape index (κ1) is 24.6. The van der Waals surface area contributed by atoms with Gasteiger partial charge in [-0.1, -0.05) is 6.07 Å². The van der Waals surface area contributed by atoms with E-state index in [1.54, 1.807) is 12.1 Å². The maximum absolute atomic E-state index is 12.7. The number of hydrogen-bond donors (Lipinski definition) is 3. The minimum absolute atomic E-state index is 0.0784. The van der Waals surface area contributed by atoms with Crippen molar-refractivity contribution in [2.45, 2.75) is 11.1 Å². The topological polar surface area (TPSA) is 114 Å². The second kappa shape index (κ2) is 9.83. The van der Waals surface area contributed by atoms with Gasteiger partial charge >= 0.3 is 6.18 Å². The van der Waals surface area contributed by atoms with Gasteiger partial charge in [-0.05, 0) is 66.7 Å². The third-order valence-corrected chi connectivity index (χ3v) is 5.89. The first-order valence-electron chi connectivity index (χ1n) is 9.54. The Balaban J connectivity index is 1.66. The van der Waals surface area contributed by atoms with E-state index in [1.807, 2.05) is 0 Å². The summed E-state index contributed by atoms with van der Waals surface area (Å²) in [4.78, 5) is 24.3. The Labute approximate surface area is 192 Å². The summed E-state index contributed by atoms with van der Waals surface area (Å²) < 4.78 is 70.6. The second-order valence-electron chi connectivity index (χ2n) is 6.85. The number of sulfonamides is 1. The number of anilines is 1. The number of carbonyl (C=O) groups excluding carboxylic acids is 2. The summed E-state index contributed by atoms with van der Waals surface area (Å²) in [5.41, 5.74) is 3.32. The number of amides is 2. The average Bonchev–Trinajstić information content (AvgIpc) is 2.82. The highest BCUT2D eigenvalue weighted by Gasteiger charge is 2.30. The Morgan fingerprint density at radius 1 is 0.824 bits per heavy atom. The second-order valence-corrected chi connectivity index (χ2v) is 8.53. The van der Waals surface area contributed by atoms with Crippen molar-refractivity contribution < 1.29 is 35.9 Å². The number of halogens is 3. The number of ether oxygens (including phenoxy) is 1. The maximum Gasteiger partial charge on any atom is 0.416 e. The van der Waals surface area contributed by atoms with Crippen LogP contribution in [0.2, 0.25) is 0 Å². The summed E-state index contributed by atoms with van der Waals surface area (Å²) in [6.07, 6.45) is -4.54. The highest BCUT2D eigenvalue weighted by molar-refractivity contribution is 7.92. The van der Waals surface area contributed by atoms with Crippen LogP contribution in [0.1, 0.15) is 26.3 Å². The number of benzene rings is 3. The molecule has 3 rings (SSSR count). The number of hydrazine groups is 1. The van der Waals surface area contributed by atoms with Gasteiger partial charge in [0.15, 0.2) is 0 Å². The quantitative estimate of drug-likeness (QED) is 0.454. The van der Waals surface area contributed by atoms with E-state index in [2.05, 4.69) is 15.6 Å². The van der Waals surface area contributed by atoms with E-state index in [0.29, 0.717) is 5.75 Å². The van der Waals surface area contributed by atoms with Crippen molar-refractivity contribution in [2.24, 2.45) is 0 Å². The van der Waals surface area contributed by atoms with Crippen molar-refractivity contribution >= 4 is 27.5 Å². The summed E-state index contributed by atoms with van der Waals surface area (Å²) in [7, 11) is -2.56. The van der Waals surface area contributed by atoms with Crippen LogP contribution >= 0.6 is 0 Å². The third kappa shape index (κ3) is 6.04. The number of nitrogens with one attached hydrogen (secondary N) is 3. The molecule has 12 heteroatoms. The molecule has 0 fully saturated rings. The molecule has 0 unspecified atom stereocenters. The molecule has 3 N–H and O–H groups in total. The van der Waals surface area contributed by atoms with Gasteiger partial charge < -0.3 is 4.74 Å². The van der Waals surface area contributed by atoms with Crippen molar-refractivity contribution in [3.05, 3.63) is 89.5 Å². The third-order valence-electron chi connectivity index (χ3n) is 4.51. The zero-order chi connectivity index (χ0) is 24.9. The van der Waals surface area contributed by atoms with Gasteiger partial charge in [0, 0.05) is 16.8 Å². The fourth-order valence-corrected chi connectivity index (χ4v) is 3.85. The molecule has 8 nitrogen and oxygen atoms in total. The molecule has 0 heterocycles. The monoisotopic (exact) mass is 493 g/mol. The highest BCUT2D eigenvalue weighted by Crippen LogP contribution is 2.29. The first-order valence-corrected chi connectivity index (χ1v) is 11.0. The lowest BCUT2D eigenvalue weighted by molar-refractivity contribution is -0.137. The standard InChI is InChI=1S/C22H18F3N3O5S/c1-33-18-11-9-17(10-12-18)28-34(31,32)19-4-2-3-15(13-19)21(30)27-26-20(29)14-5-7-16(8-6-14)22(23,24)25/h2-13,28H,1H3,(H,26,29)(H,27,30). The Morgan fingerprint density at radius 2 is 1.41 bits per heavy atom. The highest BCUT2D eigenvalue weighted by atomic mass is 32.2. The average molecular weight is 493 g/mol. The molecule has 0 atom stereocenters. The summed E-state index contributed by atoms with van der Waals surface area (Å²) in [6, 6.07) is 14.6. The van der Waals surface area contributed by atoms with Crippen molar-refractivity contribution in [3.8, 4) is 5.75 Å². The van der Waals surface area contributed by atoms with E-state index < -0.39 is 33.6 Å². The molecular formula is C22H18F3N3O5S. The molecule has 0 saturated heterocycles. The fraction of sp³-hybridized carbons (Fsp3) is 0.0909. The number of carbonyl (C=O) groups is 2. The van der Waals surface area contributed by atoms with Crippen LogP contribution in [0.25, 0.3) is 0 Å². The Morgan fingerprint density at radius 3 is 1.97 bits per heavy atom. The van der Waals surface area contributed by atoms with E-state index in [-0.39, 0.29) is 21.7 Å². The number of hydrogen-bond acceptors (Lipinski definition) is 5. The molecule has 2 amide bonds. The lowest BCUT2D eigenvalue weighted by Crippen LogP contribution is -2.41. The van der Waals surface area contributed by atoms with Gasteiger partial charge in [-0.2, -0.15) is 13.2 Å². The molecule has 0 radical (unpaired) electrons. The van der Waals surface area contributed by atoms with Crippen LogP contribution in [0.5, 0.6) is 5.75 Å². The van der Waals surface area contributed by atoms with Gasteiger partial charge in [0.1, 0.15) is 5.75 Å². The molecule has 3 aromatic carbocycles. The number of methoxy groups -OCH3 is 1. The summed E-state index contributed by atoms with van der Waals surface area (Å²) in [5, 5.41) is 0. The number of alkyl halides is 3. The lowest BCUT2D eigenvalue weighted by atomic mass is 10.1. The van der Waals surface area contributed by atoms with Gasteiger partial charge in [-0.3, -0.25) is 25.2 Å².